The van der Waals surface area contributed by atoms with Gasteiger partial charge < -0.3 is 24.4 Å². The fraction of sp³-hybridized carbons (Fsp3) is 0.741. The summed E-state index contributed by atoms with van der Waals surface area (Å²) in [5.74, 6) is -2.69. The zero-order valence-electron chi connectivity index (χ0n) is 21.3. The van der Waals surface area contributed by atoms with E-state index in [1.165, 1.54) is 4.90 Å². The molecule has 0 bridgehead atoms. The molecule has 1 unspecified atom stereocenters. The van der Waals surface area contributed by atoms with Crippen LogP contribution >= 0.6 is 0 Å². The first-order chi connectivity index (χ1) is 16.9. The minimum absolute atomic E-state index is 0.182. The predicted octanol–water partition coefficient (Wildman–Crippen LogP) is 2.60. The molecular formula is C27H40N2O6. The fourth-order valence-corrected chi connectivity index (χ4v) is 6.38. The summed E-state index contributed by atoms with van der Waals surface area (Å²) in [6.07, 6.45) is 13.0. The molecule has 0 aromatic carbocycles. The molecule has 0 aromatic heterocycles. The van der Waals surface area contributed by atoms with Gasteiger partial charge in [0.2, 0.25) is 11.8 Å². The highest BCUT2D eigenvalue weighted by Gasteiger charge is 2.75. The first kappa shape index (κ1) is 25.9. The average Bonchev–Trinajstić information content (AvgIpc) is 3.22. The van der Waals surface area contributed by atoms with Crippen molar-refractivity contribution in [3.05, 3.63) is 24.3 Å². The standard InChI is InChI=1S/C27H40N2O6/c1-4-7-15-28-16-12-14-27-20(23(31)29(19(5-2)18-30)22(27)24(28)32)21-25(33)34-17-11-9-8-10-13-26(21,6-3)35-27/h10,12-14,19-22,30H,4-9,11,15-18H2,1-3H3/b13-10-/t19-,20-,21+,22?,26-,27-/m0/s1. The second kappa shape index (κ2) is 10.4. The summed E-state index contributed by atoms with van der Waals surface area (Å²) in [5.41, 5.74) is -2.33. The molecule has 4 heterocycles. The molecule has 4 aliphatic heterocycles. The molecule has 2 fully saturated rings. The topological polar surface area (TPSA) is 96.4 Å². The Labute approximate surface area is 208 Å². The monoisotopic (exact) mass is 488 g/mol. The highest BCUT2D eigenvalue weighted by Crippen LogP contribution is 2.58. The van der Waals surface area contributed by atoms with Gasteiger partial charge in [0.25, 0.3) is 0 Å². The van der Waals surface area contributed by atoms with Crippen molar-refractivity contribution in [3.8, 4) is 0 Å². The van der Waals surface area contributed by atoms with E-state index in [0.717, 1.165) is 32.1 Å². The van der Waals surface area contributed by atoms with Crippen LogP contribution in [-0.4, -0.2) is 82.3 Å². The summed E-state index contributed by atoms with van der Waals surface area (Å²) in [6, 6.07) is -1.47. The molecule has 0 radical (unpaired) electrons. The summed E-state index contributed by atoms with van der Waals surface area (Å²) in [6.45, 7) is 6.96. The van der Waals surface area contributed by atoms with Crippen LogP contribution in [0.1, 0.15) is 65.7 Å². The van der Waals surface area contributed by atoms with Crippen molar-refractivity contribution in [1.82, 2.24) is 9.80 Å². The number of cyclic esters (lactones) is 1. The van der Waals surface area contributed by atoms with Crippen LogP contribution in [-0.2, 0) is 23.9 Å². The van der Waals surface area contributed by atoms with Crippen molar-refractivity contribution in [1.29, 1.82) is 0 Å². The van der Waals surface area contributed by atoms with E-state index >= 15 is 0 Å². The van der Waals surface area contributed by atoms with Crippen LogP contribution in [0, 0.1) is 11.8 Å². The SMILES string of the molecule is CCCCN1CC=C[C@]23O[C@@]4(CC)/C=C\CCCCOC(=O)[C@H]4[C@H]2C(=O)N([C@@H](CC)CO)C3C1=O. The summed E-state index contributed by atoms with van der Waals surface area (Å²) >= 11 is 0. The predicted molar refractivity (Wildman–Crippen MR) is 130 cm³/mol. The van der Waals surface area contributed by atoms with Crippen molar-refractivity contribution in [2.75, 3.05) is 26.3 Å². The van der Waals surface area contributed by atoms with Crippen molar-refractivity contribution < 1.29 is 29.0 Å². The normalized spacial score (nSPS) is 36.8. The molecule has 0 aliphatic carbocycles. The molecule has 0 saturated carbocycles. The van der Waals surface area contributed by atoms with E-state index in [0.29, 0.717) is 32.5 Å². The smallest absolute Gasteiger partial charge is 0.313 e. The molecule has 8 heteroatoms. The van der Waals surface area contributed by atoms with Gasteiger partial charge in [-0.25, -0.2) is 0 Å². The molecule has 1 spiro atoms. The van der Waals surface area contributed by atoms with E-state index in [1.54, 1.807) is 4.90 Å². The molecule has 1 N–H and O–H groups in total. The molecule has 194 valence electrons. The minimum atomic E-state index is -1.30. The van der Waals surface area contributed by atoms with Gasteiger partial charge in [-0.05, 0) is 38.5 Å². The third kappa shape index (κ3) is 4.12. The Kier molecular flexibility index (Phi) is 7.71. The molecule has 4 rings (SSSR count). The lowest BCUT2D eigenvalue weighted by Gasteiger charge is -2.40. The van der Waals surface area contributed by atoms with Gasteiger partial charge in [0.1, 0.15) is 23.2 Å². The number of aliphatic hydroxyl groups excluding tert-OH is 1. The second-order valence-electron chi connectivity index (χ2n) is 10.2. The van der Waals surface area contributed by atoms with Crippen molar-refractivity contribution in [3.63, 3.8) is 0 Å². The third-order valence-electron chi connectivity index (χ3n) is 8.26. The number of hydrogen-bond acceptors (Lipinski definition) is 6. The number of allylic oxidation sites excluding steroid dienone is 1. The largest absolute Gasteiger partial charge is 0.465 e. The summed E-state index contributed by atoms with van der Waals surface area (Å²) in [4.78, 5) is 45.1. The van der Waals surface area contributed by atoms with Gasteiger partial charge in [-0.2, -0.15) is 0 Å². The van der Waals surface area contributed by atoms with E-state index in [9.17, 15) is 19.5 Å². The number of amides is 2. The van der Waals surface area contributed by atoms with Crippen LogP contribution < -0.4 is 0 Å². The molecule has 35 heavy (non-hydrogen) atoms. The van der Waals surface area contributed by atoms with E-state index < -0.39 is 41.1 Å². The summed E-state index contributed by atoms with van der Waals surface area (Å²) in [7, 11) is 0. The molecule has 4 aliphatic rings. The molecular weight excluding hydrogens is 448 g/mol. The van der Waals surface area contributed by atoms with E-state index in [-0.39, 0.29) is 18.4 Å². The van der Waals surface area contributed by atoms with E-state index in [2.05, 4.69) is 6.92 Å². The van der Waals surface area contributed by atoms with Gasteiger partial charge in [0.05, 0.1) is 25.2 Å². The Hall–Kier alpha value is -2.19. The maximum absolute atomic E-state index is 14.2. The lowest BCUT2D eigenvalue weighted by molar-refractivity contribution is -0.163. The number of likely N-dealkylation sites (tertiary alicyclic amines) is 1. The van der Waals surface area contributed by atoms with Crippen LogP contribution in [0.15, 0.2) is 24.3 Å². The number of hydrogen-bond donors (Lipinski definition) is 1. The van der Waals surface area contributed by atoms with E-state index in [1.807, 2.05) is 38.2 Å². The van der Waals surface area contributed by atoms with Crippen molar-refractivity contribution in [2.45, 2.75) is 89.0 Å². The van der Waals surface area contributed by atoms with Crippen molar-refractivity contribution in [2.24, 2.45) is 11.8 Å². The van der Waals surface area contributed by atoms with Crippen LogP contribution in [0.25, 0.3) is 0 Å². The molecule has 8 nitrogen and oxygen atoms in total. The first-order valence-corrected chi connectivity index (χ1v) is 13.3. The highest BCUT2D eigenvalue weighted by molar-refractivity contribution is 5.99. The minimum Gasteiger partial charge on any atom is -0.465 e. The number of carbonyl (C=O) groups is 3. The van der Waals surface area contributed by atoms with Gasteiger partial charge in [0, 0.05) is 13.1 Å². The third-order valence-corrected chi connectivity index (χ3v) is 8.26. The number of esters is 1. The molecule has 2 amide bonds. The second-order valence-corrected chi connectivity index (χ2v) is 10.2. The Bertz CT molecular complexity index is 883. The Morgan fingerprint density at radius 3 is 2.57 bits per heavy atom. The zero-order valence-corrected chi connectivity index (χ0v) is 21.3. The Morgan fingerprint density at radius 1 is 1.09 bits per heavy atom. The number of fused-ring (bicyclic) bond motifs is 2. The van der Waals surface area contributed by atoms with E-state index in [4.69, 9.17) is 9.47 Å². The number of unbranched alkanes of at least 4 members (excludes halogenated alkanes) is 1. The van der Waals surface area contributed by atoms with Crippen molar-refractivity contribution >= 4 is 17.8 Å². The maximum atomic E-state index is 14.2. The number of rotatable bonds is 7. The summed E-state index contributed by atoms with van der Waals surface area (Å²) < 4.78 is 12.6. The number of ether oxygens (including phenoxy) is 2. The lowest BCUT2D eigenvalue weighted by Crippen LogP contribution is -2.58. The maximum Gasteiger partial charge on any atom is 0.313 e. The number of carbonyl (C=O) groups excluding carboxylic acids is 3. The number of nitrogens with zero attached hydrogens (tertiary/aromatic N) is 2. The molecule has 0 aromatic rings. The lowest BCUT2D eigenvalue weighted by atomic mass is 9.73. The van der Waals surface area contributed by atoms with Gasteiger partial charge >= 0.3 is 5.97 Å². The molecule has 6 atom stereocenters. The fourth-order valence-electron chi connectivity index (χ4n) is 6.38. The quantitative estimate of drug-likeness (QED) is 0.437. The van der Waals surface area contributed by atoms with Gasteiger partial charge in [-0.15, -0.1) is 0 Å². The highest BCUT2D eigenvalue weighted by atomic mass is 16.6. The van der Waals surface area contributed by atoms with Crippen LogP contribution in [0.2, 0.25) is 0 Å². The zero-order chi connectivity index (χ0) is 25.2. The number of aliphatic hydroxyl groups is 1. The Balaban J connectivity index is 1.89. The Morgan fingerprint density at radius 2 is 1.89 bits per heavy atom. The van der Waals surface area contributed by atoms with Gasteiger partial charge in [-0.3, -0.25) is 14.4 Å². The van der Waals surface area contributed by atoms with Crippen LogP contribution in [0.5, 0.6) is 0 Å². The van der Waals surface area contributed by atoms with Gasteiger partial charge in [0.15, 0.2) is 0 Å². The molecule has 2 saturated heterocycles. The summed E-state index contributed by atoms with van der Waals surface area (Å²) in [5, 5.41) is 10.2. The average molecular weight is 489 g/mol. The van der Waals surface area contributed by atoms with Gasteiger partial charge in [-0.1, -0.05) is 51.5 Å². The van der Waals surface area contributed by atoms with Crippen LogP contribution in [0.4, 0.5) is 0 Å². The van der Waals surface area contributed by atoms with Crippen LogP contribution in [0.3, 0.4) is 0 Å². The first-order valence-electron chi connectivity index (χ1n) is 13.3.